The molecule has 0 heterocycles. The molecule has 0 unspecified atom stereocenters. The standard InChI is InChI=1S/C11H11BrN2O/c12-8-1-2-11(7(3-8)6-13)14-9-4-10(15)5-9/h1-3,9-10,14-15H,4-5H2. The molecule has 0 aromatic heterocycles. The van der Waals surface area contributed by atoms with Gasteiger partial charge in [-0.25, -0.2) is 0 Å². The first-order valence-electron chi connectivity index (χ1n) is 4.83. The molecule has 1 saturated carbocycles. The summed E-state index contributed by atoms with van der Waals surface area (Å²) in [5.74, 6) is 0. The Morgan fingerprint density at radius 2 is 2.20 bits per heavy atom. The van der Waals surface area contributed by atoms with Crippen LogP contribution in [0.2, 0.25) is 0 Å². The van der Waals surface area contributed by atoms with Gasteiger partial charge in [-0.2, -0.15) is 5.26 Å². The van der Waals surface area contributed by atoms with Crippen LogP contribution in [0.15, 0.2) is 22.7 Å². The molecule has 15 heavy (non-hydrogen) atoms. The maximum Gasteiger partial charge on any atom is 0.101 e. The lowest BCUT2D eigenvalue weighted by atomic mass is 9.89. The lowest BCUT2D eigenvalue weighted by Gasteiger charge is -2.33. The smallest absolute Gasteiger partial charge is 0.101 e. The highest BCUT2D eigenvalue weighted by molar-refractivity contribution is 9.10. The Hall–Kier alpha value is -1.05. The molecule has 0 spiro atoms. The van der Waals surface area contributed by atoms with Gasteiger partial charge in [0.1, 0.15) is 6.07 Å². The van der Waals surface area contributed by atoms with E-state index in [1.54, 1.807) is 6.07 Å². The van der Waals surface area contributed by atoms with Crippen LogP contribution in [-0.2, 0) is 0 Å². The first-order chi connectivity index (χ1) is 7.19. The van der Waals surface area contributed by atoms with Crippen molar-refractivity contribution in [3.63, 3.8) is 0 Å². The first-order valence-corrected chi connectivity index (χ1v) is 5.62. The van der Waals surface area contributed by atoms with Crippen molar-refractivity contribution in [2.75, 3.05) is 5.32 Å². The largest absolute Gasteiger partial charge is 0.393 e. The summed E-state index contributed by atoms with van der Waals surface area (Å²) < 4.78 is 0.901. The molecule has 1 aliphatic rings. The molecule has 3 nitrogen and oxygen atoms in total. The normalized spacial score (nSPS) is 24.1. The molecule has 78 valence electrons. The van der Waals surface area contributed by atoms with E-state index in [0.29, 0.717) is 11.6 Å². The number of aliphatic hydroxyl groups is 1. The van der Waals surface area contributed by atoms with E-state index in [0.717, 1.165) is 23.0 Å². The van der Waals surface area contributed by atoms with Crippen molar-refractivity contribution in [2.24, 2.45) is 0 Å². The number of nitrogens with zero attached hydrogens (tertiary/aromatic N) is 1. The summed E-state index contributed by atoms with van der Waals surface area (Å²) in [5.41, 5.74) is 1.48. The minimum Gasteiger partial charge on any atom is -0.393 e. The van der Waals surface area contributed by atoms with E-state index in [4.69, 9.17) is 10.4 Å². The third-order valence-corrected chi connectivity index (χ3v) is 3.07. The van der Waals surface area contributed by atoms with Crippen molar-refractivity contribution in [3.8, 4) is 6.07 Å². The Morgan fingerprint density at radius 3 is 2.80 bits per heavy atom. The molecule has 1 fully saturated rings. The van der Waals surface area contributed by atoms with E-state index in [9.17, 15) is 0 Å². The minimum atomic E-state index is -0.177. The molecule has 1 aliphatic carbocycles. The predicted octanol–water partition coefficient (Wildman–Crippen LogP) is 2.26. The van der Waals surface area contributed by atoms with Crippen LogP contribution >= 0.6 is 15.9 Å². The second-order valence-electron chi connectivity index (χ2n) is 3.77. The molecule has 1 aromatic rings. The highest BCUT2D eigenvalue weighted by Crippen LogP contribution is 2.27. The number of rotatable bonds is 2. The summed E-state index contributed by atoms with van der Waals surface area (Å²) in [4.78, 5) is 0. The monoisotopic (exact) mass is 266 g/mol. The molecule has 0 bridgehead atoms. The summed E-state index contributed by atoms with van der Waals surface area (Å²) >= 11 is 3.33. The fraction of sp³-hybridized carbons (Fsp3) is 0.364. The van der Waals surface area contributed by atoms with Crippen LogP contribution < -0.4 is 5.32 Å². The maximum absolute atomic E-state index is 9.15. The molecule has 0 saturated heterocycles. The Kier molecular flexibility index (Phi) is 2.94. The summed E-state index contributed by atoms with van der Waals surface area (Å²) in [6.07, 6.45) is 1.35. The minimum absolute atomic E-state index is 0.177. The zero-order valence-electron chi connectivity index (χ0n) is 8.07. The Morgan fingerprint density at radius 1 is 1.47 bits per heavy atom. The van der Waals surface area contributed by atoms with Gasteiger partial charge < -0.3 is 10.4 Å². The fourth-order valence-corrected chi connectivity index (χ4v) is 2.02. The lowest BCUT2D eigenvalue weighted by molar-refractivity contribution is 0.0836. The van der Waals surface area contributed by atoms with Gasteiger partial charge in [-0.1, -0.05) is 15.9 Å². The highest BCUT2D eigenvalue weighted by atomic mass is 79.9. The number of nitrogens with one attached hydrogen (secondary N) is 1. The van der Waals surface area contributed by atoms with Crippen molar-refractivity contribution in [1.29, 1.82) is 5.26 Å². The van der Waals surface area contributed by atoms with Crippen molar-refractivity contribution < 1.29 is 5.11 Å². The molecule has 0 radical (unpaired) electrons. The van der Waals surface area contributed by atoms with E-state index >= 15 is 0 Å². The molecule has 2 N–H and O–H groups in total. The average Bonchev–Trinajstić information content (AvgIpc) is 2.18. The first kappa shape index (κ1) is 10.5. The number of anilines is 1. The van der Waals surface area contributed by atoms with Gasteiger partial charge in [0.15, 0.2) is 0 Å². The lowest BCUT2D eigenvalue weighted by Crippen LogP contribution is -2.39. The third-order valence-electron chi connectivity index (χ3n) is 2.57. The summed E-state index contributed by atoms with van der Waals surface area (Å²) in [5, 5.41) is 21.3. The van der Waals surface area contributed by atoms with Gasteiger partial charge in [-0.15, -0.1) is 0 Å². The molecule has 0 aliphatic heterocycles. The Bertz CT molecular complexity index is 408. The second kappa shape index (κ2) is 4.21. The summed E-state index contributed by atoms with van der Waals surface area (Å²) in [6.45, 7) is 0. The Labute approximate surface area is 96.9 Å². The molecule has 0 amide bonds. The summed E-state index contributed by atoms with van der Waals surface area (Å²) in [7, 11) is 0. The SMILES string of the molecule is N#Cc1cc(Br)ccc1NC1CC(O)C1. The molecule has 4 heteroatoms. The van der Waals surface area contributed by atoms with E-state index in [2.05, 4.69) is 27.3 Å². The van der Waals surface area contributed by atoms with Gasteiger partial charge >= 0.3 is 0 Å². The fourth-order valence-electron chi connectivity index (χ4n) is 1.66. The predicted molar refractivity (Wildman–Crippen MR) is 61.5 cm³/mol. The van der Waals surface area contributed by atoms with Gasteiger partial charge in [0, 0.05) is 10.5 Å². The number of hydrogen-bond donors (Lipinski definition) is 2. The van der Waals surface area contributed by atoms with E-state index in [1.165, 1.54) is 0 Å². The van der Waals surface area contributed by atoms with Gasteiger partial charge in [0.25, 0.3) is 0 Å². The van der Waals surface area contributed by atoms with E-state index in [1.807, 2.05) is 12.1 Å². The number of benzene rings is 1. The molecule has 0 atom stereocenters. The molecular formula is C11H11BrN2O. The highest BCUT2D eigenvalue weighted by Gasteiger charge is 2.27. The number of halogens is 1. The topological polar surface area (TPSA) is 56.0 Å². The van der Waals surface area contributed by atoms with Crippen LogP contribution in [-0.4, -0.2) is 17.3 Å². The number of nitriles is 1. The van der Waals surface area contributed by atoms with Crippen molar-refractivity contribution in [2.45, 2.75) is 25.0 Å². The Balaban J connectivity index is 2.11. The van der Waals surface area contributed by atoms with Crippen LogP contribution in [0.1, 0.15) is 18.4 Å². The molecular weight excluding hydrogens is 256 g/mol. The van der Waals surface area contributed by atoms with Crippen LogP contribution in [0.4, 0.5) is 5.69 Å². The van der Waals surface area contributed by atoms with Gasteiger partial charge in [-0.3, -0.25) is 0 Å². The maximum atomic E-state index is 9.15. The number of aliphatic hydroxyl groups excluding tert-OH is 1. The zero-order valence-corrected chi connectivity index (χ0v) is 9.66. The zero-order chi connectivity index (χ0) is 10.8. The van der Waals surface area contributed by atoms with Crippen LogP contribution in [0.25, 0.3) is 0 Å². The van der Waals surface area contributed by atoms with Crippen molar-refractivity contribution in [1.82, 2.24) is 0 Å². The third kappa shape index (κ3) is 2.31. The van der Waals surface area contributed by atoms with Gasteiger partial charge in [-0.05, 0) is 31.0 Å². The van der Waals surface area contributed by atoms with Crippen LogP contribution in [0, 0.1) is 11.3 Å². The summed E-state index contributed by atoms with van der Waals surface area (Å²) in [6, 6.07) is 8.02. The van der Waals surface area contributed by atoms with Crippen LogP contribution in [0.3, 0.4) is 0 Å². The quantitative estimate of drug-likeness (QED) is 0.864. The average molecular weight is 267 g/mol. The van der Waals surface area contributed by atoms with E-state index < -0.39 is 0 Å². The second-order valence-corrected chi connectivity index (χ2v) is 4.68. The van der Waals surface area contributed by atoms with Crippen molar-refractivity contribution in [3.05, 3.63) is 28.2 Å². The van der Waals surface area contributed by atoms with Crippen molar-refractivity contribution >= 4 is 21.6 Å². The molecule has 2 rings (SSSR count). The van der Waals surface area contributed by atoms with Gasteiger partial charge in [0.2, 0.25) is 0 Å². The number of hydrogen-bond acceptors (Lipinski definition) is 3. The van der Waals surface area contributed by atoms with E-state index in [-0.39, 0.29) is 6.10 Å². The van der Waals surface area contributed by atoms with Crippen LogP contribution in [0.5, 0.6) is 0 Å². The molecule has 1 aromatic carbocycles. The van der Waals surface area contributed by atoms with Gasteiger partial charge in [0.05, 0.1) is 17.4 Å².